The maximum absolute atomic E-state index is 11.8. The molecule has 0 N–H and O–H groups in total. The van der Waals surface area contributed by atoms with Gasteiger partial charge in [-0.1, -0.05) is 22.0 Å². The standard InChI is InChI=1S/C10H10BrIOS/c1-14-9-4-2-3-7(12)10(9)8(13)5-6-11/h2-4H,5-6H2,1H3. The number of carbonyl (C=O) groups excluding carboxylic acids is 1. The second kappa shape index (κ2) is 6.12. The lowest BCUT2D eigenvalue weighted by Gasteiger charge is -2.07. The number of carbonyl (C=O) groups is 1. The number of hydrogen-bond donors (Lipinski definition) is 0. The fourth-order valence-electron chi connectivity index (χ4n) is 1.16. The number of thioether (sulfide) groups is 1. The summed E-state index contributed by atoms with van der Waals surface area (Å²) in [5, 5.41) is 0.727. The zero-order valence-electron chi connectivity index (χ0n) is 7.72. The van der Waals surface area contributed by atoms with E-state index < -0.39 is 0 Å². The molecule has 1 rings (SSSR count). The highest BCUT2D eigenvalue weighted by molar-refractivity contribution is 14.1. The summed E-state index contributed by atoms with van der Waals surface area (Å²) in [6.07, 6.45) is 2.56. The highest BCUT2D eigenvalue weighted by atomic mass is 127. The SMILES string of the molecule is CSc1cccc(I)c1C(=O)CCBr. The molecule has 1 aromatic carbocycles. The summed E-state index contributed by atoms with van der Waals surface area (Å²) in [5.41, 5.74) is 0.875. The molecule has 0 amide bonds. The smallest absolute Gasteiger partial charge is 0.165 e. The minimum atomic E-state index is 0.219. The lowest BCUT2D eigenvalue weighted by molar-refractivity contribution is 0.0986. The Morgan fingerprint density at radius 2 is 2.29 bits per heavy atom. The third-order valence-electron chi connectivity index (χ3n) is 1.80. The number of halogens is 2. The van der Waals surface area contributed by atoms with Gasteiger partial charge in [0.25, 0.3) is 0 Å². The van der Waals surface area contributed by atoms with Crippen LogP contribution >= 0.6 is 50.3 Å². The molecule has 14 heavy (non-hydrogen) atoms. The molecule has 0 aliphatic rings. The van der Waals surface area contributed by atoms with Crippen molar-refractivity contribution in [1.29, 1.82) is 0 Å². The molecule has 0 aliphatic heterocycles. The minimum absolute atomic E-state index is 0.219. The summed E-state index contributed by atoms with van der Waals surface area (Å²) < 4.78 is 1.04. The largest absolute Gasteiger partial charge is 0.294 e. The first-order chi connectivity index (χ1) is 6.70. The van der Waals surface area contributed by atoms with Crippen molar-refractivity contribution in [2.75, 3.05) is 11.6 Å². The Morgan fingerprint density at radius 1 is 1.57 bits per heavy atom. The molecule has 0 atom stereocenters. The predicted molar refractivity (Wildman–Crippen MR) is 73.7 cm³/mol. The Morgan fingerprint density at radius 3 is 2.86 bits per heavy atom. The molecule has 76 valence electrons. The van der Waals surface area contributed by atoms with Gasteiger partial charge >= 0.3 is 0 Å². The van der Waals surface area contributed by atoms with Gasteiger partial charge in [-0.15, -0.1) is 11.8 Å². The summed E-state index contributed by atoms with van der Waals surface area (Å²) >= 11 is 7.13. The van der Waals surface area contributed by atoms with Gasteiger partial charge in [0.15, 0.2) is 5.78 Å². The van der Waals surface area contributed by atoms with Crippen molar-refractivity contribution in [1.82, 2.24) is 0 Å². The monoisotopic (exact) mass is 384 g/mol. The van der Waals surface area contributed by atoms with Crippen LogP contribution in [0.15, 0.2) is 23.1 Å². The quantitative estimate of drug-likeness (QED) is 0.338. The van der Waals surface area contributed by atoms with Gasteiger partial charge in [0.1, 0.15) is 0 Å². The molecular weight excluding hydrogens is 375 g/mol. The van der Waals surface area contributed by atoms with E-state index >= 15 is 0 Å². The minimum Gasteiger partial charge on any atom is -0.294 e. The second-order valence-electron chi connectivity index (χ2n) is 2.68. The molecule has 0 saturated carbocycles. The molecule has 0 aromatic heterocycles. The van der Waals surface area contributed by atoms with Crippen LogP contribution in [0.2, 0.25) is 0 Å². The third kappa shape index (κ3) is 2.97. The fraction of sp³-hybridized carbons (Fsp3) is 0.300. The Bertz CT molecular complexity index is 341. The highest BCUT2D eigenvalue weighted by Gasteiger charge is 2.13. The van der Waals surface area contributed by atoms with E-state index in [0.717, 1.165) is 19.4 Å². The van der Waals surface area contributed by atoms with Gasteiger partial charge in [0, 0.05) is 25.8 Å². The van der Waals surface area contributed by atoms with Crippen LogP contribution < -0.4 is 0 Å². The number of hydrogen-bond acceptors (Lipinski definition) is 2. The Labute approximate surface area is 110 Å². The number of rotatable bonds is 4. The zero-order valence-corrected chi connectivity index (χ0v) is 12.3. The predicted octanol–water partition coefficient (Wildman–Crippen LogP) is 3.98. The molecule has 1 nitrogen and oxygen atoms in total. The Kier molecular flexibility index (Phi) is 5.48. The summed E-state index contributed by atoms with van der Waals surface area (Å²) in [6.45, 7) is 0. The molecule has 1 aromatic rings. The summed E-state index contributed by atoms with van der Waals surface area (Å²) in [5.74, 6) is 0.219. The molecule has 0 saturated heterocycles. The van der Waals surface area contributed by atoms with Crippen LogP contribution in [0.5, 0.6) is 0 Å². The van der Waals surface area contributed by atoms with Crippen molar-refractivity contribution in [3.05, 3.63) is 27.3 Å². The topological polar surface area (TPSA) is 17.1 Å². The number of benzene rings is 1. The highest BCUT2D eigenvalue weighted by Crippen LogP contribution is 2.26. The molecule has 0 heterocycles. The lowest BCUT2D eigenvalue weighted by Crippen LogP contribution is -2.04. The van der Waals surface area contributed by atoms with Crippen LogP contribution in [0.4, 0.5) is 0 Å². The van der Waals surface area contributed by atoms with Crippen LogP contribution in [0.3, 0.4) is 0 Å². The van der Waals surface area contributed by atoms with Crippen LogP contribution in [-0.4, -0.2) is 17.4 Å². The van der Waals surface area contributed by atoms with E-state index in [1.54, 1.807) is 11.8 Å². The Balaban J connectivity index is 3.10. The van der Waals surface area contributed by atoms with Gasteiger partial charge in [-0.25, -0.2) is 0 Å². The average molecular weight is 385 g/mol. The lowest BCUT2D eigenvalue weighted by atomic mass is 10.1. The van der Waals surface area contributed by atoms with Crippen molar-refractivity contribution in [3.8, 4) is 0 Å². The van der Waals surface area contributed by atoms with E-state index in [2.05, 4.69) is 38.5 Å². The van der Waals surface area contributed by atoms with Crippen molar-refractivity contribution in [3.63, 3.8) is 0 Å². The van der Waals surface area contributed by atoms with Gasteiger partial charge in [0.2, 0.25) is 0 Å². The maximum atomic E-state index is 11.8. The maximum Gasteiger partial charge on any atom is 0.165 e. The molecule has 0 radical (unpaired) electrons. The fourth-order valence-corrected chi connectivity index (χ4v) is 3.14. The molecule has 0 fully saturated rings. The third-order valence-corrected chi connectivity index (χ3v) is 3.87. The number of Topliss-reactive ketones (excluding diaryl/α,β-unsaturated/α-hetero) is 1. The van der Waals surface area contributed by atoms with Crippen molar-refractivity contribution < 1.29 is 4.79 Å². The van der Waals surface area contributed by atoms with E-state index in [0.29, 0.717) is 6.42 Å². The molecule has 0 bridgehead atoms. The van der Waals surface area contributed by atoms with Gasteiger partial charge in [0.05, 0.1) is 0 Å². The van der Waals surface area contributed by atoms with Crippen LogP contribution in [-0.2, 0) is 0 Å². The molecule has 0 unspecified atom stereocenters. The first kappa shape index (κ1) is 12.5. The summed E-state index contributed by atoms with van der Waals surface area (Å²) in [6, 6.07) is 5.95. The van der Waals surface area contributed by atoms with E-state index in [9.17, 15) is 4.79 Å². The molecule has 0 aliphatic carbocycles. The van der Waals surface area contributed by atoms with E-state index in [1.165, 1.54) is 0 Å². The molecule has 4 heteroatoms. The van der Waals surface area contributed by atoms with Gasteiger partial charge in [-0.2, -0.15) is 0 Å². The number of alkyl halides is 1. The normalized spacial score (nSPS) is 10.2. The van der Waals surface area contributed by atoms with E-state index in [4.69, 9.17) is 0 Å². The average Bonchev–Trinajstić information content (AvgIpc) is 2.17. The van der Waals surface area contributed by atoms with Crippen LogP contribution in [0, 0.1) is 3.57 Å². The van der Waals surface area contributed by atoms with Crippen molar-refractivity contribution in [2.24, 2.45) is 0 Å². The second-order valence-corrected chi connectivity index (χ2v) is 5.48. The molecular formula is C10H10BrIOS. The van der Waals surface area contributed by atoms with Crippen molar-refractivity contribution >= 4 is 56.1 Å². The molecule has 0 spiro atoms. The summed E-state index contributed by atoms with van der Waals surface area (Å²) in [7, 11) is 0. The van der Waals surface area contributed by atoms with Crippen molar-refractivity contribution in [2.45, 2.75) is 11.3 Å². The number of ketones is 1. The van der Waals surface area contributed by atoms with E-state index in [1.807, 2.05) is 24.5 Å². The summed E-state index contributed by atoms with van der Waals surface area (Å²) in [4.78, 5) is 12.9. The zero-order chi connectivity index (χ0) is 10.6. The van der Waals surface area contributed by atoms with Gasteiger partial charge in [-0.3, -0.25) is 4.79 Å². The van der Waals surface area contributed by atoms with Gasteiger partial charge in [-0.05, 0) is 41.0 Å². The first-order valence-corrected chi connectivity index (χ1v) is 7.55. The first-order valence-electron chi connectivity index (χ1n) is 4.12. The van der Waals surface area contributed by atoms with Crippen LogP contribution in [0.25, 0.3) is 0 Å². The van der Waals surface area contributed by atoms with Crippen LogP contribution in [0.1, 0.15) is 16.8 Å². The van der Waals surface area contributed by atoms with E-state index in [-0.39, 0.29) is 5.78 Å². The van der Waals surface area contributed by atoms with Gasteiger partial charge < -0.3 is 0 Å². The Hall–Kier alpha value is 0.450.